The molecule has 0 aliphatic heterocycles. The van der Waals surface area contributed by atoms with Crippen LogP contribution in [0, 0.1) is 0 Å². The van der Waals surface area contributed by atoms with Gasteiger partial charge in [-0.05, 0) is 17.2 Å². The third-order valence-electron chi connectivity index (χ3n) is 3.48. The van der Waals surface area contributed by atoms with Gasteiger partial charge in [-0.1, -0.05) is 53.6 Å². The molecule has 3 rings (SSSR count). The van der Waals surface area contributed by atoms with E-state index in [1.165, 1.54) is 5.56 Å². The van der Waals surface area contributed by atoms with Crippen LogP contribution in [0.1, 0.15) is 16.8 Å². The molecule has 0 bridgehead atoms. The van der Waals surface area contributed by atoms with Crippen LogP contribution in [0.5, 0.6) is 0 Å². The second-order valence-corrected chi connectivity index (χ2v) is 5.24. The maximum absolute atomic E-state index is 8.52. The summed E-state index contributed by atoms with van der Waals surface area (Å²) in [6.07, 6.45) is 6.53. The molecule has 0 N–H and O–H groups in total. The van der Waals surface area contributed by atoms with Gasteiger partial charge >= 0.3 is 0 Å². The number of hydrogen-bond donors (Lipinski definition) is 0. The van der Waals surface area contributed by atoms with Gasteiger partial charge in [-0.25, -0.2) is 4.98 Å². The normalized spacial score (nSPS) is 10.1. The third kappa shape index (κ3) is 4.15. The third-order valence-corrected chi connectivity index (χ3v) is 3.48. The van der Waals surface area contributed by atoms with E-state index < -0.39 is 0 Å². The first kappa shape index (κ1) is 14.8. The largest absolute Gasteiger partial charge is 0.248 e. The van der Waals surface area contributed by atoms with Crippen LogP contribution in [0.4, 0.5) is 5.69 Å². The Morgan fingerprint density at radius 1 is 1.04 bits per heavy atom. The average Bonchev–Trinajstić information content (AvgIpc) is 2.57. The van der Waals surface area contributed by atoms with Crippen molar-refractivity contribution in [1.29, 1.82) is 0 Å². The van der Waals surface area contributed by atoms with Crippen molar-refractivity contribution in [3.8, 4) is 0 Å². The van der Waals surface area contributed by atoms with Gasteiger partial charge in [0, 0.05) is 22.6 Å². The molecule has 3 aromatic rings. The summed E-state index contributed by atoms with van der Waals surface area (Å²) in [5.74, 6) is 0. The van der Waals surface area contributed by atoms with Gasteiger partial charge in [0.15, 0.2) is 18.9 Å². The molecule has 0 aliphatic rings. The number of hydrogen-bond acceptors (Lipinski definition) is 2. The molecule has 23 heavy (non-hydrogen) atoms. The van der Waals surface area contributed by atoms with E-state index >= 15 is 0 Å². The first-order valence-electron chi connectivity index (χ1n) is 7.35. The van der Waals surface area contributed by atoms with E-state index in [0.29, 0.717) is 12.1 Å². The minimum atomic E-state index is 0.623. The zero-order valence-corrected chi connectivity index (χ0v) is 12.6. The van der Waals surface area contributed by atoms with Crippen molar-refractivity contribution in [2.24, 2.45) is 5.11 Å². The summed E-state index contributed by atoms with van der Waals surface area (Å²) < 4.78 is 2.12. The van der Waals surface area contributed by atoms with Gasteiger partial charge in [0.05, 0.1) is 6.20 Å². The summed E-state index contributed by atoms with van der Waals surface area (Å²) in [4.78, 5) is 7.25. The van der Waals surface area contributed by atoms with Crippen LogP contribution in [-0.2, 0) is 13.0 Å². The summed E-state index contributed by atoms with van der Waals surface area (Å²) in [5.41, 5.74) is 12.4. The molecule has 5 heteroatoms. The lowest BCUT2D eigenvalue weighted by Gasteiger charge is -2.02. The maximum Gasteiger partial charge on any atom is 0.191 e. The zero-order valence-electron chi connectivity index (χ0n) is 12.6. The average molecular weight is 302 g/mol. The van der Waals surface area contributed by atoms with E-state index in [4.69, 9.17) is 5.53 Å². The number of nitrogens with zero attached hydrogens (tertiary/aromatic N) is 5. The van der Waals surface area contributed by atoms with Crippen LogP contribution >= 0.6 is 0 Å². The highest BCUT2D eigenvalue weighted by molar-refractivity contribution is 5.40. The van der Waals surface area contributed by atoms with Crippen LogP contribution < -0.4 is 4.57 Å². The Kier molecular flexibility index (Phi) is 4.62. The van der Waals surface area contributed by atoms with E-state index in [9.17, 15) is 0 Å². The molecule has 1 aromatic heterocycles. The predicted octanol–water partition coefficient (Wildman–Crippen LogP) is 3.95. The van der Waals surface area contributed by atoms with Crippen LogP contribution in [0.3, 0.4) is 0 Å². The SMILES string of the molecule is [N-]=[N+]=Nc1cccc(Cc2c[n+](Cc3ccccc3)ccn2)c1. The van der Waals surface area contributed by atoms with Crippen molar-refractivity contribution in [1.82, 2.24) is 4.98 Å². The minimum Gasteiger partial charge on any atom is -0.248 e. The Morgan fingerprint density at radius 2 is 1.87 bits per heavy atom. The smallest absolute Gasteiger partial charge is 0.191 e. The zero-order chi connectivity index (χ0) is 15.9. The predicted molar refractivity (Wildman–Crippen MR) is 88.0 cm³/mol. The summed E-state index contributed by atoms with van der Waals surface area (Å²) in [7, 11) is 0. The fourth-order valence-corrected chi connectivity index (χ4v) is 2.46. The van der Waals surface area contributed by atoms with E-state index in [1.807, 2.05) is 55.0 Å². The van der Waals surface area contributed by atoms with Crippen LogP contribution in [0.15, 0.2) is 78.3 Å². The quantitative estimate of drug-likeness (QED) is 0.304. The molecule has 0 amide bonds. The molecule has 0 aliphatic carbocycles. The number of azide groups is 1. The van der Waals surface area contributed by atoms with Gasteiger partial charge in [0.25, 0.3) is 0 Å². The monoisotopic (exact) mass is 302 g/mol. The van der Waals surface area contributed by atoms with Crippen molar-refractivity contribution in [3.63, 3.8) is 0 Å². The van der Waals surface area contributed by atoms with E-state index in [2.05, 4.69) is 31.7 Å². The van der Waals surface area contributed by atoms with Gasteiger partial charge < -0.3 is 0 Å². The lowest BCUT2D eigenvalue weighted by molar-refractivity contribution is -0.689. The summed E-state index contributed by atoms with van der Waals surface area (Å²) >= 11 is 0. The molecular formula is C18H16N5+. The lowest BCUT2D eigenvalue weighted by Crippen LogP contribution is -2.34. The second-order valence-electron chi connectivity index (χ2n) is 5.24. The first-order valence-corrected chi connectivity index (χ1v) is 7.35. The summed E-state index contributed by atoms with van der Waals surface area (Å²) in [5, 5.41) is 3.64. The molecule has 112 valence electrons. The Morgan fingerprint density at radius 3 is 2.70 bits per heavy atom. The molecule has 0 saturated carbocycles. The Balaban J connectivity index is 1.77. The second kappa shape index (κ2) is 7.20. The van der Waals surface area contributed by atoms with E-state index in [1.54, 1.807) is 6.07 Å². The minimum absolute atomic E-state index is 0.623. The van der Waals surface area contributed by atoms with Crippen LogP contribution in [0.2, 0.25) is 0 Å². The fourth-order valence-electron chi connectivity index (χ4n) is 2.46. The van der Waals surface area contributed by atoms with Crippen molar-refractivity contribution >= 4 is 5.69 Å². The van der Waals surface area contributed by atoms with Crippen molar-refractivity contribution in [2.75, 3.05) is 0 Å². The topological polar surface area (TPSA) is 65.5 Å². The molecule has 0 saturated heterocycles. The highest BCUT2D eigenvalue weighted by atomic mass is 15.1. The van der Waals surface area contributed by atoms with Gasteiger partial charge in [0.2, 0.25) is 0 Å². The number of rotatable bonds is 5. The molecule has 0 fully saturated rings. The molecule has 5 nitrogen and oxygen atoms in total. The van der Waals surface area contributed by atoms with Gasteiger partial charge in [0.1, 0.15) is 5.69 Å². The molecule has 2 aromatic carbocycles. The van der Waals surface area contributed by atoms with E-state index in [-0.39, 0.29) is 0 Å². The first-order chi connectivity index (χ1) is 11.3. The Hall–Kier alpha value is -3.17. The molecular weight excluding hydrogens is 286 g/mol. The van der Waals surface area contributed by atoms with Crippen molar-refractivity contribution in [3.05, 3.63) is 100 Å². The van der Waals surface area contributed by atoms with Crippen molar-refractivity contribution < 1.29 is 4.57 Å². The van der Waals surface area contributed by atoms with E-state index in [0.717, 1.165) is 17.8 Å². The summed E-state index contributed by atoms with van der Waals surface area (Å²) in [6.45, 7) is 0.815. The number of aromatic nitrogens is 2. The highest BCUT2D eigenvalue weighted by Crippen LogP contribution is 2.16. The Bertz CT molecular complexity index is 839. The molecule has 0 unspecified atom stereocenters. The van der Waals surface area contributed by atoms with Crippen molar-refractivity contribution in [2.45, 2.75) is 13.0 Å². The van der Waals surface area contributed by atoms with Crippen LogP contribution in [-0.4, -0.2) is 4.98 Å². The molecule has 0 radical (unpaired) electrons. The van der Waals surface area contributed by atoms with Crippen LogP contribution in [0.25, 0.3) is 10.4 Å². The van der Waals surface area contributed by atoms with Gasteiger partial charge in [-0.2, -0.15) is 4.57 Å². The summed E-state index contributed by atoms with van der Waals surface area (Å²) in [6, 6.07) is 17.9. The number of benzene rings is 2. The lowest BCUT2D eigenvalue weighted by atomic mass is 10.1. The van der Waals surface area contributed by atoms with Gasteiger partial charge in [-0.15, -0.1) is 0 Å². The fraction of sp³-hybridized carbons (Fsp3) is 0.111. The molecule has 0 atom stereocenters. The highest BCUT2D eigenvalue weighted by Gasteiger charge is 2.06. The molecule has 0 spiro atoms. The van der Waals surface area contributed by atoms with Gasteiger partial charge in [-0.3, -0.25) is 0 Å². The molecule has 1 heterocycles. The Labute approximate surface area is 134 Å². The maximum atomic E-state index is 8.52. The standard InChI is InChI=1S/C18H16N5/c19-22-21-17-8-4-7-16(11-17)12-18-14-23(10-9-20-18)13-15-5-2-1-3-6-15/h1-11,14H,12-13H2/q+1.